The maximum atomic E-state index is 12.5. The highest BCUT2D eigenvalue weighted by atomic mass is 19.3. The molecule has 0 unspecified atom stereocenters. The van der Waals surface area contributed by atoms with Crippen LogP contribution in [-0.4, -0.2) is 21.9 Å². The molecule has 1 amide bonds. The smallest absolute Gasteiger partial charge is 0.271 e. The van der Waals surface area contributed by atoms with Crippen molar-refractivity contribution in [2.75, 3.05) is 0 Å². The lowest BCUT2D eigenvalue weighted by Crippen LogP contribution is -2.25. The first-order chi connectivity index (χ1) is 10.1. The number of rotatable bonds is 5. The van der Waals surface area contributed by atoms with Gasteiger partial charge in [0.1, 0.15) is 12.2 Å². The van der Waals surface area contributed by atoms with E-state index in [9.17, 15) is 13.6 Å². The molecule has 2 rings (SSSR count). The molecule has 7 heteroatoms. The number of halogens is 2. The van der Waals surface area contributed by atoms with E-state index in [1.165, 1.54) is 10.7 Å². The predicted molar refractivity (Wildman–Crippen MR) is 75.0 cm³/mol. The fourth-order valence-corrected chi connectivity index (χ4v) is 2.14. The van der Waals surface area contributed by atoms with Gasteiger partial charge in [-0.15, -0.1) is 0 Å². The van der Waals surface area contributed by atoms with Crippen molar-refractivity contribution in [3.05, 3.63) is 29.6 Å². The third-order valence-electron chi connectivity index (χ3n) is 3.30. The van der Waals surface area contributed by atoms with Gasteiger partial charge in [-0.1, -0.05) is 12.2 Å². The maximum Gasteiger partial charge on any atom is 0.282 e. The molecular formula is C14H18F2N4O. The summed E-state index contributed by atoms with van der Waals surface area (Å²) < 4.78 is 26.2. The molecule has 5 nitrogen and oxygen atoms in total. The molecule has 0 bridgehead atoms. The second-order valence-corrected chi connectivity index (χ2v) is 5.03. The summed E-state index contributed by atoms with van der Waals surface area (Å²) in [6.07, 6.45) is 6.28. The van der Waals surface area contributed by atoms with Gasteiger partial charge in [-0.05, 0) is 38.2 Å². The molecule has 0 spiro atoms. The van der Waals surface area contributed by atoms with Crippen LogP contribution in [0.2, 0.25) is 0 Å². The number of carbonyl (C=O) groups is 1. The molecule has 1 aliphatic carbocycles. The van der Waals surface area contributed by atoms with Crippen molar-refractivity contribution in [3.8, 4) is 0 Å². The van der Waals surface area contributed by atoms with Crippen LogP contribution >= 0.6 is 0 Å². The van der Waals surface area contributed by atoms with Crippen LogP contribution in [0, 0.1) is 12.8 Å². The molecule has 114 valence electrons. The lowest BCUT2D eigenvalue weighted by atomic mass is 9.96. The Morgan fingerprint density at radius 3 is 3.05 bits per heavy atom. The van der Waals surface area contributed by atoms with E-state index in [0.717, 1.165) is 19.3 Å². The second kappa shape index (κ2) is 7.10. The van der Waals surface area contributed by atoms with Crippen LogP contribution in [0.25, 0.3) is 0 Å². The molecule has 1 aromatic rings. The number of nitrogens with one attached hydrogen (secondary N) is 1. The number of hydrazone groups is 1. The van der Waals surface area contributed by atoms with Crippen molar-refractivity contribution in [3.63, 3.8) is 0 Å². The van der Waals surface area contributed by atoms with Crippen molar-refractivity contribution >= 4 is 12.1 Å². The van der Waals surface area contributed by atoms with Gasteiger partial charge in [0.2, 0.25) is 0 Å². The van der Waals surface area contributed by atoms with Crippen molar-refractivity contribution in [1.29, 1.82) is 0 Å². The van der Waals surface area contributed by atoms with E-state index in [0.29, 0.717) is 11.6 Å². The van der Waals surface area contributed by atoms with Crippen LogP contribution in [0.3, 0.4) is 0 Å². The predicted octanol–water partition coefficient (Wildman–Crippen LogP) is 2.59. The fraction of sp³-hybridized carbons (Fsp3) is 0.500. The van der Waals surface area contributed by atoms with Crippen LogP contribution in [0.15, 0.2) is 23.3 Å². The van der Waals surface area contributed by atoms with Gasteiger partial charge in [-0.25, -0.2) is 14.2 Å². The van der Waals surface area contributed by atoms with Crippen LogP contribution in [0.5, 0.6) is 0 Å². The Hall–Kier alpha value is -2.05. The molecule has 1 atom stereocenters. The van der Waals surface area contributed by atoms with E-state index < -0.39 is 6.43 Å². The van der Waals surface area contributed by atoms with Gasteiger partial charge in [0, 0.05) is 11.9 Å². The third kappa shape index (κ3) is 4.47. The molecule has 1 aliphatic rings. The first kappa shape index (κ1) is 15.3. The molecule has 0 saturated carbocycles. The van der Waals surface area contributed by atoms with Gasteiger partial charge in [0.05, 0.1) is 0 Å². The van der Waals surface area contributed by atoms with E-state index in [1.54, 1.807) is 13.1 Å². The standard InChI is InChI=1S/C14H18F2N4O/c1-10-7-12(14(15)16)19-20(10)9-13(21)18-17-8-11-5-3-2-4-6-11/h2-3,7-8,11,14H,4-6,9H2,1H3,(H,18,21)/b17-8-/t11-/m0/s1. The summed E-state index contributed by atoms with van der Waals surface area (Å²) in [6.45, 7) is 1.50. The molecule has 21 heavy (non-hydrogen) atoms. The minimum Gasteiger partial charge on any atom is -0.271 e. The number of amides is 1. The molecule has 0 saturated heterocycles. The van der Waals surface area contributed by atoms with Crippen LogP contribution in [0.1, 0.15) is 37.1 Å². The Morgan fingerprint density at radius 2 is 2.43 bits per heavy atom. The largest absolute Gasteiger partial charge is 0.282 e. The quantitative estimate of drug-likeness (QED) is 0.516. The number of aromatic nitrogens is 2. The molecule has 0 aromatic carbocycles. The summed E-state index contributed by atoms with van der Waals surface area (Å²) in [7, 11) is 0. The Labute approximate surface area is 121 Å². The Kier molecular flexibility index (Phi) is 5.19. The number of alkyl halides is 2. The third-order valence-corrected chi connectivity index (χ3v) is 3.30. The minimum atomic E-state index is -2.63. The van der Waals surface area contributed by atoms with E-state index >= 15 is 0 Å². The van der Waals surface area contributed by atoms with Gasteiger partial charge < -0.3 is 0 Å². The minimum absolute atomic E-state index is 0.125. The Morgan fingerprint density at radius 1 is 1.62 bits per heavy atom. The Bertz CT molecular complexity index is 551. The number of carbonyl (C=O) groups excluding carboxylic acids is 1. The maximum absolute atomic E-state index is 12.5. The zero-order valence-corrected chi connectivity index (χ0v) is 11.8. The van der Waals surface area contributed by atoms with Crippen molar-refractivity contribution < 1.29 is 13.6 Å². The Balaban J connectivity index is 1.84. The molecule has 0 fully saturated rings. The number of hydrogen-bond acceptors (Lipinski definition) is 3. The summed E-state index contributed by atoms with van der Waals surface area (Å²) in [6, 6.07) is 1.27. The molecule has 0 aliphatic heterocycles. The van der Waals surface area contributed by atoms with E-state index in [-0.39, 0.29) is 18.1 Å². The summed E-state index contributed by atoms with van der Waals surface area (Å²) in [5.74, 6) is -0.0446. The van der Waals surface area contributed by atoms with E-state index in [4.69, 9.17) is 0 Å². The highest BCUT2D eigenvalue weighted by Crippen LogP contribution is 2.18. The second-order valence-electron chi connectivity index (χ2n) is 5.03. The van der Waals surface area contributed by atoms with Gasteiger partial charge in [0.25, 0.3) is 12.3 Å². The topological polar surface area (TPSA) is 59.3 Å². The summed E-state index contributed by atoms with van der Waals surface area (Å²) >= 11 is 0. The van der Waals surface area contributed by atoms with Gasteiger partial charge in [0.15, 0.2) is 0 Å². The van der Waals surface area contributed by atoms with E-state index in [1.807, 2.05) is 0 Å². The number of aryl methyl sites for hydroxylation is 1. The van der Waals surface area contributed by atoms with Gasteiger partial charge in [-0.2, -0.15) is 10.2 Å². The molecule has 1 heterocycles. The van der Waals surface area contributed by atoms with Crippen molar-refractivity contribution in [2.45, 2.75) is 39.2 Å². The monoisotopic (exact) mass is 296 g/mol. The first-order valence-electron chi connectivity index (χ1n) is 6.86. The van der Waals surface area contributed by atoms with Crippen LogP contribution < -0.4 is 5.43 Å². The highest BCUT2D eigenvalue weighted by molar-refractivity contribution is 5.76. The van der Waals surface area contributed by atoms with Crippen LogP contribution in [0.4, 0.5) is 8.78 Å². The average molecular weight is 296 g/mol. The normalized spacial score (nSPS) is 18.6. The number of nitrogens with zero attached hydrogens (tertiary/aromatic N) is 3. The summed E-state index contributed by atoms with van der Waals surface area (Å²) in [4.78, 5) is 11.7. The number of allylic oxidation sites excluding steroid dienone is 2. The van der Waals surface area contributed by atoms with E-state index in [2.05, 4.69) is 27.8 Å². The SMILES string of the molecule is Cc1cc(C(F)F)nn1CC(=O)N/N=C\[C@H]1CC=CCC1. The average Bonchev–Trinajstić information content (AvgIpc) is 2.81. The highest BCUT2D eigenvalue weighted by Gasteiger charge is 2.15. The number of hydrogen-bond donors (Lipinski definition) is 1. The zero-order chi connectivity index (χ0) is 15.2. The lowest BCUT2D eigenvalue weighted by Gasteiger charge is -2.11. The molecular weight excluding hydrogens is 278 g/mol. The summed E-state index contributed by atoms with van der Waals surface area (Å²) in [5, 5.41) is 7.61. The lowest BCUT2D eigenvalue weighted by molar-refractivity contribution is -0.121. The first-order valence-corrected chi connectivity index (χ1v) is 6.86. The molecule has 1 N–H and O–H groups in total. The van der Waals surface area contributed by atoms with Crippen molar-refractivity contribution in [2.24, 2.45) is 11.0 Å². The molecule has 1 aromatic heterocycles. The molecule has 0 radical (unpaired) electrons. The summed E-state index contributed by atoms with van der Waals surface area (Å²) in [5.41, 5.74) is 2.60. The van der Waals surface area contributed by atoms with Gasteiger partial charge >= 0.3 is 0 Å². The van der Waals surface area contributed by atoms with Crippen molar-refractivity contribution in [1.82, 2.24) is 15.2 Å². The van der Waals surface area contributed by atoms with Crippen LogP contribution in [-0.2, 0) is 11.3 Å². The zero-order valence-electron chi connectivity index (χ0n) is 11.8. The van der Waals surface area contributed by atoms with Gasteiger partial charge in [-0.3, -0.25) is 9.48 Å². The fourth-order valence-electron chi connectivity index (χ4n) is 2.14.